The minimum Gasteiger partial charge on any atom is -0.324 e. The van der Waals surface area contributed by atoms with E-state index in [0.29, 0.717) is 10.8 Å². The molecule has 162 valence electrons. The van der Waals surface area contributed by atoms with E-state index >= 15 is 0 Å². The molecule has 5 nitrogen and oxygen atoms in total. The highest BCUT2D eigenvalue weighted by Gasteiger charge is 2.20. The van der Waals surface area contributed by atoms with Crippen LogP contribution in [0.25, 0.3) is 17.1 Å². The van der Waals surface area contributed by atoms with Crippen LogP contribution in [-0.2, 0) is 4.79 Å². The molecule has 0 bridgehead atoms. The van der Waals surface area contributed by atoms with E-state index < -0.39 is 23.4 Å². The van der Waals surface area contributed by atoms with Crippen molar-refractivity contribution in [2.24, 2.45) is 0 Å². The highest BCUT2D eigenvalue weighted by molar-refractivity contribution is 7.99. The first-order chi connectivity index (χ1) is 15.4. The number of nitrogens with one attached hydrogen (secondary N) is 1. The third-order valence-corrected chi connectivity index (χ3v) is 5.61. The van der Waals surface area contributed by atoms with Crippen LogP contribution in [0.15, 0.2) is 71.9 Å². The van der Waals surface area contributed by atoms with E-state index in [4.69, 9.17) is 11.6 Å². The van der Waals surface area contributed by atoms with Gasteiger partial charge in [-0.15, -0.1) is 10.2 Å². The maximum absolute atomic E-state index is 14.4. The first kappa shape index (κ1) is 21.9. The summed E-state index contributed by atoms with van der Waals surface area (Å²) >= 11 is 6.99. The molecule has 0 unspecified atom stereocenters. The molecule has 4 aromatic rings. The molecule has 3 aromatic carbocycles. The fourth-order valence-electron chi connectivity index (χ4n) is 2.91. The molecule has 0 aliphatic rings. The third-order valence-electron chi connectivity index (χ3n) is 4.37. The Kier molecular flexibility index (Phi) is 6.48. The second-order valence-electron chi connectivity index (χ2n) is 6.56. The Morgan fingerprint density at radius 1 is 0.969 bits per heavy atom. The largest absolute Gasteiger partial charge is 0.324 e. The number of carbonyl (C=O) groups excluding carboxylic acids is 1. The molecule has 10 heteroatoms. The highest BCUT2D eigenvalue weighted by Crippen LogP contribution is 2.30. The minimum absolute atomic E-state index is 0.0691. The van der Waals surface area contributed by atoms with Gasteiger partial charge in [0.2, 0.25) is 5.91 Å². The van der Waals surface area contributed by atoms with Gasteiger partial charge < -0.3 is 5.32 Å². The zero-order valence-corrected chi connectivity index (χ0v) is 17.8. The van der Waals surface area contributed by atoms with E-state index in [1.807, 2.05) is 0 Å². The van der Waals surface area contributed by atoms with Crippen LogP contribution in [0.1, 0.15) is 0 Å². The first-order valence-electron chi connectivity index (χ1n) is 9.26. The SMILES string of the molecule is O=C(CSc1nnc(-c2ccccc2F)n1-c1ccc(F)cc1)Nc1ccc(F)cc1Cl. The molecule has 0 saturated heterocycles. The summed E-state index contributed by atoms with van der Waals surface area (Å²) in [7, 11) is 0. The molecule has 0 aliphatic heterocycles. The minimum atomic E-state index is -0.518. The lowest BCUT2D eigenvalue weighted by molar-refractivity contribution is -0.113. The Labute approximate surface area is 190 Å². The van der Waals surface area contributed by atoms with Crippen molar-refractivity contribution in [1.82, 2.24) is 14.8 Å². The van der Waals surface area contributed by atoms with Gasteiger partial charge in [-0.3, -0.25) is 9.36 Å². The van der Waals surface area contributed by atoms with Gasteiger partial charge in [0.25, 0.3) is 0 Å². The molecular weight excluding hydrogens is 461 g/mol. The zero-order valence-electron chi connectivity index (χ0n) is 16.2. The number of aromatic nitrogens is 3. The molecule has 0 aliphatic carbocycles. The number of hydrogen-bond acceptors (Lipinski definition) is 4. The van der Waals surface area contributed by atoms with Crippen LogP contribution in [0.4, 0.5) is 18.9 Å². The van der Waals surface area contributed by atoms with Crippen LogP contribution in [-0.4, -0.2) is 26.4 Å². The van der Waals surface area contributed by atoms with Gasteiger partial charge >= 0.3 is 0 Å². The average Bonchev–Trinajstić information content (AvgIpc) is 3.19. The average molecular weight is 475 g/mol. The molecule has 0 spiro atoms. The molecule has 4 rings (SSSR count). The van der Waals surface area contributed by atoms with Crippen LogP contribution in [0.2, 0.25) is 5.02 Å². The predicted molar refractivity (Wildman–Crippen MR) is 117 cm³/mol. The van der Waals surface area contributed by atoms with E-state index in [1.165, 1.54) is 42.5 Å². The number of thioether (sulfide) groups is 1. The summed E-state index contributed by atoms with van der Waals surface area (Å²) < 4.78 is 42.6. The highest BCUT2D eigenvalue weighted by atomic mass is 35.5. The summed E-state index contributed by atoms with van der Waals surface area (Å²) in [4.78, 5) is 12.4. The lowest BCUT2D eigenvalue weighted by atomic mass is 10.2. The lowest BCUT2D eigenvalue weighted by Crippen LogP contribution is -2.15. The molecule has 1 N–H and O–H groups in total. The molecule has 1 heterocycles. The van der Waals surface area contributed by atoms with Gasteiger partial charge in [0.1, 0.15) is 17.5 Å². The molecular formula is C22H14ClF3N4OS. The molecule has 32 heavy (non-hydrogen) atoms. The number of benzene rings is 3. The lowest BCUT2D eigenvalue weighted by Gasteiger charge is -2.11. The van der Waals surface area contributed by atoms with Crippen molar-refractivity contribution in [2.75, 3.05) is 11.1 Å². The van der Waals surface area contributed by atoms with Gasteiger partial charge in [0, 0.05) is 5.69 Å². The second kappa shape index (κ2) is 9.46. The van der Waals surface area contributed by atoms with Crippen molar-refractivity contribution in [2.45, 2.75) is 5.16 Å². The van der Waals surface area contributed by atoms with E-state index in [9.17, 15) is 18.0 Å². The summed E-state index contributed by atoms with van der Waals surface area (Å²) in [5, 5.41) is 11.2. The second-order valence-corrected chi connectivity index (χ2v) is 7.91. The van der Waals surface area contributed by atoms with Crippen LogP contribution in [0, 0.1) is 17.5 Å². The molecule has 0 fully saturated rings. The normalized spacial score (nSPS) is 10.9. The number of anilines is 1. The van der Waals surface area contributed by atoms with Crippen molar-refractivity contribution in [3.8, 4) is 17.1 Å². The third kappa shape index (κ3) is 4.79. The van der Waals surface area contributed by atoms with E-state index in [0.717, 1.165) is 17.8 Å². The number of rotatable bonds is 6. The van der Waals surface area contributed by atoms with Gasteiger partial charge in [-0.2, -0.15) is 0 Å². The Morgan fingerprint density at radius 2 is 1.69 bits per heavy atom. The summed E-state index contributed by atoms with van der Waals surface area (Å²) in [6, 6.07) is 15.2. The van der Waals surface area contributed by atoms with E-state index in [1.54, 1.807) is 22.8 Å². The Bertz CT molecular complexity index is 1280. The van der Waals surface area contributed by atoms with Gasteiger partial charge in [0.15, 0.2) is 11.0 Å². The summed E-state index contributed by atoms with van der Waals surface area (Å²) in [5.74, 6) is -1.73. The number of carbonyl (C=O) groups is 1. The van der Waals surface area contributed by atoms with Crippen LogP contribution in [0.3, 0.4) is 0 Å². The van der Waals surface area contributed by atoms with Crippen LogP contribution >= 0.6 is 23.4 Å². The maximum atomic E-state index is 14.4. The quantitative estimate of drug-likeness (QED) is 0.362. The maximum Gasteiger partial charge on any atom is 0.234 e. The van der Waals surface area contributed by atoms with Crippen molar-refractivity contribution < 1.29 is 18.0 Å². The Balaban J connectivity index is 1.61. The topological polar surface area (TPSA) is 59.8 Å². The Hall–Kier alpha value is -3.30. The number of hydrogen-bond donors (Lipinski definition) is 1. The van der Waals surface area contributed by atoms with Crippen molar-refractivity contribution in [3.05, 3.63) is 89.2 Å². The van der Waals surface area contributed by atoms with Crippen LogP contribution in [0.5, 0.6) is 0 Å². The monoisotopic (exact) mass is 474 g/mol. The molecule has 0 radical (unpaired) electrons. The van der Waals surface area contributed by atoms with Crippen molar-refractivity contribution in [3.63, 3.8) is 0 Å². The van der Waals surface area contributed by atoms with Crippen molar-refractivity contribution >= 4 is 35.0 Å². The van der Waals surface area contributed by atoms with Gasteiger partial charge in [-0.1, -0.05) is 35.5 Å². The van der Waals surface area contributed by atoms with E-state index in [-0.39, 0.29) is 27.9 Å². The van der Waals surface area contributed by atoms with Gasteiger partial charge in [-0.05, 0) is 54.6 Å². The molecule has 0 atom stereocenters. The van der Waals surface area contributed by atoms with Gasteiger partial charge in [0.05, 0.1) is 22.0 Å². The van der Waals surface area contributed by atoms with Gasteiger partial charge in [-0.25, -0.2) is 13.2 Å². The van der Waals surface area contributed by atoms with Crippen LogP contribution < -0.4 is 5.32 Å². The summed E-state index contributed by atoms with van der Waals surface area (Å²) in [6.45, 7) is 0. The van der Waals surface area contributed by atoms with Crippen molar-refractivity contribution in [1.29, 1.82) is 0 Å². The number of amides is 1. The summed E-state index contributed by atoms with van der Waals surface area (Å²) in [6.07, 6.45) is 0. The predicted octanol–water partition coefficient (Wildman–Crippen LogP) is 5.74. The van der Waals surface area contributed by atoms with E-state index in [2.05, 4.69) is 15.5 Å². The Morgan fingerprint density at radius 3 is 2.41 bits per heavy atom. The standard InChI is InChI=1S/C22H14ClF3N4OS/c23-17-11-14(25)7-10-19(17)27-20(31)12-32-22-29-28-21(16-3-1-2-4-18(16)26)30(22)15-8-5-13(24)6-9-15/h1-11H,12H2,(H,27,31). The number of halogens is 4. The summed E-state index contributed by atoms with van der Waals surface area (Å²) in [5.41, 5.74) is 0.976. The number of nitrogens with zero attached hydrogens (tertiary/aromatic N) is 3. The molecule has 1 aromatic heterocycles. The molecule has 1 amide bonds. The fourth-order valence-corrected chi connectivity index (χ4v) is 3.88. The first-order valence-corrected chi connectivity index (χ1v) is 10.6. The fraction of sp³-hybridized carbons (Fsp3) is 0.0455. The molecule has 0 saturated carbocycles. The smallest absolute Gasteiger partial charge is 0.234 e. The zero-order chi connectivity index (χ0) is 22.7.